The monoisotopic (exact) mass is 374 g/mol. The minimum Gasteiger partial charge on any atom is -0.475 e. The standard InChI is InChI=1S/C20H26N2O3S/c1-15(2)25-18-11-10-17(12-21-18)26(23,24)22-14-20(13-19(20,3)4)16-8-6-5-7-9-16/h5-12,15,22H,13-14H2,1-4H3/t20-/m0/s1. The van der Waals surface area contributed by atoms with Crippen LogP contribution in [0.1, 0.15) is 39.7 Å². The average Bonchev–Trinajstić information content (AvgIpc) is 3.17. The third kappa shape index (κ3) is 3.62. The first-order valence-electron chi connectivity index (χ1n) is 8.84. The highest BCUT2D eigenvalue weighted by Crippen LogP contribution is 2.63. The lowest BCUT2D eigenvalue weighted by molar-refractivity contribution is 0.232. The van der Waals surface area contributed by atoms with Crippen molar-refractivity contribution in [2.24, 2.45) is 5.41 Å². The van der Waals surface area contributed by atoms with Crippen LogP contribution in [0.2, 0.25) is 0 Å². The fourth-order valence-corrected chi connectivity index (χ4v) is 4.54. The molecule has 1 aromatic heterocycles. The Morgan fingerprint density at radius 3 is 2.31 bits per heavy atom. The predicted molar refractivity (Wildman–Crippen MR) is 102 cm³/mol. The molecule has 2 aromatic rings. The largest absolute Gasteiger partial charge is 0.475 e. The lowest BCUT2D eigenvalue weighted by atomic mass is 9.88. The van der Waals surface area contributed by atoms with Gasteiger partial charge in [0.2, 0.25) is 15.9 Å². The lowest BCUT2D eigenvalue weighted by Crippen LogP contribution is -2.34. The minimum atomic E-state index is -3.62. The molecule has 1 heterocycles. The Hall–Kier alpha value is -1.92. The van der Waals surface area contributed by atoms with Gasteiger partial charge in [-0.25, -0.2) is 18.1 Å². The fraction of sp³-hybridized carbons (Fsp3) is 0.450. The Morgan fingerprint density at radius 2 is 1.81 bits per heavy atom. The van der Waals surface area contributed by atoms with E-state index in [9.17, 15) is 8.42 Å². The molecule has 1 fully saturated rings. The van der Waals surface area contributed by atoms with Crippen molar-refractivity contribution in [2.75, 3.05) is 6.54 Å². The van der Waals surface area contributed by atoms with Gasteiger partial charge in [-0.15, -0.1) is 0 Å². The second-order valence-electron chi connectivity index (χ2n) is 7.83. The van der Waals surface area contributed by atoms with Gasteiger partial charge in [0.1, 0.15) is 4.90 Å². The Balaban J connectivity index is 1.76. The van der Waals surface area contributed by atoms with Crippen molar-refractivity contribution in [3.63, 3.8) is 0 Å². The van der Waals surface area contributed by atoms with Crippen LogP contribution < -0.4 is 9.46 Å². The Labute approximate surface area is 155 Å². The van der Waals surface area contributed by atoms with Crippen LogP contribution in [0.15, 0.2) is 53.6 Å². The van der Waals surface area contributed by atoms with Crippen LogP contribution in [-0.2, 0) is 15.4 Å². The van der Waals surface area contributed by atoms with Crippen LogP contribution in [0, 0.1) is 5.41 Å². The van der Waals surface area contributed by atoms with Crippen molar-refractivity contribution in [1.29, 1.82) is 0 Å². The van der Waals surface area contributed by atoms with Crippen LogP contribution in [0.5, 0.6) is 5.88 Å². The van der Waals surface area contributed by atoms with Gasteiger partial charge >= 0.3 is 0 Å². The van der Waals surface area contributed by atoms with E-state index >= 15 is 0 Å². The van der Waals surface area contributed by atoms with Crippen molar-refractivity contribution in [3.8, 4) is 5.88 Å². The van der Waals surface area contributed by atoms with E-state index in [-0.39, 0.29) is 21.8 Å². The molecule has 1 saturated carbocycles. The lowest BCUT2D eigenvalue weighted by Gasteiger charge is -2.22. The Morgan fingerprint density at radius 1 is 1.15 bits per heavy atom. The molecule has 5 nitrogen and oxygen atoms in total. The molecule has 6 heteroatoms. The maximum Gasteiger partial charge on any atom is 0.242 e. The number of hydrogen-bond donors (Lipinski definition) is 1. The minimum absolute atomic E-state index is 0.00842. The highest BCUT2D eigenvalue weighted by molar-refractivity contribution is 7.89. The topological polar surface area (TPSA) is 68.3 Å². The van der Waals surface area contributed by atoms with Crippen LogP contribution in [0.4, 0.5) is 0 Å². The number of benzene rings is 1. The molecule has 1 atom stereocenters. The Kier molecular flexibility index (Phi) is 4.84. The first-order chi connectivity index (χ1) is 12.2. The van der Waals surface area contributed by atoms with E-state index in [1.165, 1.54) is 17.8 Å². The van der Waals surface area contributed by atoms with E-state index in [0.29, 0.717) is 12.4 Å². The van der Waals surface area contributed by atoms with Crippen molar-refractivity contribution in [1.82, 2.24) is 9.71 Å². The SMILES string of the molecule is CC(C)Oc1ccc(S(=O)(=O)NC[C@]2(c3ccccc3)CC2(C)C)cn1. The highest BCUT2D eigenvalue weighted by atomic mass is 32.2. The first-order valence-corrected chi connectivity index (χ1v) is 10.3. The molecular formula is C20H26N2O3S. The third-order valence-corrected chi connectivity index (χ3v) is 6.57. The number of nitrogens with one attached hydrogen (secondary N) is 1. The van der Waals surface area contributed by atoms with E-state index in [0.717, 1.165) is 6.42 Å². The molecule has 0 saturated heterocycles. The molecule has 1 N–H and O–H groups in total. The van der Waals surface area contributed by atoms with Gasteiger partial charge in [0.15, 0.2) is 0 Å². The number of ether oxygens (including phenoxy) is 1. The normalized spacial score (nSPS) is 21.6. The summed E-state index contributed by atoms with van der Waals surface area (Å²) in [6, 6.07) is 13.2. The molecule has 0 bridgehead atoms. The highest BCUT2D eigenvalue weighted by Gasteiger charge is 2.61. The number of hydrogen-bond acceptors (Lipinski definition) is 4. The summed E-state index contributed by atoms with van der Waals surface area (Å²) >= 11 is 0. The summed E-state index contributed by atoms with van der Waals surface area (Å²) < 4.78 is 33.6. The number of pyridine rings is 1. The van der Waals surface area contributed by atoms with Gasteiger partial charge in [0, 0.05) is 18.0 Å². The van der Waals surface area contributed by atoms with Gasteiger partial charge in [-0.05, 0) is 37.3 Å². The van der Waals surface area contributed by atoms with Gasteiger partial charge < -0.3 is 4.74 Å². The summed E-state index contributed by atoms with van der Waals surface area (Å²) in [6.07, 6.45) is 2.28. The molecule has 0 radical (unpaired) electrons. The quantitative estimate of drug-likeness (QED) is 0.805. The van der Waals surface area contributed by atoms with Gasteiger partial charge in [-0.2, -0.15) is 0 Å². The van der Waals surface area contributed by atoms with Gasteiger partial charge in [-0.1, -0.05) is 44.2 Å². The maximum atomic E-state index is 12.7. The van der Waals surface area contributed by atoms with E-state index in [1.54, 1.807) is 6.07 Å². The second-order valence-corrected chi connectivity index (χ2v) is 9.60. The van der Waals surface area contributed by atoms with E-state index in [4.69, 9.17) is 4.74 Å². The van der Waals surface area contributed by atoms with Crippen molar-refractivity contribution in [2.45, 2.75) is 50.5 Å². The van der Waals surface area contributed by atoms with E-state index in [1.807, 2.05) is 32.0 Å². The van der Waals surface area contributed by atoms with Crippen molar-refractivity contribution in [3.05, 3.63) is 54.2 Å². The molecule has 1 aromatic carbocycles. The molecule has 3 rings (SSSR count). The molecule has 0 amide bonds. The fourth-order valence-electron chi connectivity index (χ4n) is 3.50. The van der Waals surface area contributed by atoms with Gasteiger partial charge in [0.05, 0.1) is 12.3 Å². The van der Waals surface area contributed by atoms with Crippen LogP contribution in [0.25, 0.3) is 0 Å². The zero-order valence-corrected chi connectivity index (χ0v) is 16.5. The van der Waals surface area contributed by atoms with Gasteiger partial charge in [-0.3, -0.25) is 0 Å². The van der Waals surface area contributed by atoms with E-state index < -0.39 is 10.0 Å². The summed E-state index contributed by atoms with van der Waals surface area (Å²) in [6.45, 7) is 8.51. The van der Waals surface area contributed by atoms with Crippen LogP contribution >= 0.6 is 0 Å². The molecule has 26 heavy (non-hydrogen) atoms. The maximum absolute atomic E-state index is 12.7. The van der Waals surface area contributed by atoms with Crippen LogP contribution in [-0.4, -0.2) is 26.1 Å². The summed E-state index contributed by atoms with van der Waals surface area (Å²) in [5, 5.41) is 0. The zero-order chi connectivity index (χ0) is 19.0. The first kappa shape index (κ1) is 18.9. The third-order valence-electron chi connectivity index (χ3n) is 5.18. The number of aromatic nitrogens is 1. The summed E-state index contributed by atoms with van der Waals surface area (Å²) in [5.41, 5.74) is 1.06. The zero-order valence-electron chi connectivity index (χ0n) is 15.7. The second kappa shape index (κ2) is 6.67. The van der Waals surface area contributed by atoms with Crippen molar-refractivity contribution < 1.29 is 13.2 Å². The predicted octanol–water partition coefficient (Wildman–Crippen LogP) is 3.52. The smallest absolute Gasteiger partial charge is 0.242 e. The Bertz CT molecular complexity index is 862. The van der Waals surface area contributed by atoms with Crippen LogP contribution in [0.3, 0.4) is 0 Å². The molecule has 1 aliphatic carbocycles. The summed E-state index contributed by atoms with van der Waals surface area (Å²) in [4.78, 5) is 4.24. The average molecular weight is 375 g/mol. The molecule has 0 aliphatic heterocycles. The van der Waals surface area contributed by atoms with E-state index in [2.05, 4.69) is 35.7 Å². The number of sulfonamides is 1. The van der Waals surface area contributed by atoms with Gasteiger partial charge in [0.25, 0.3) is 0 Å². The molecule has 0 unspecified atom stereocenters. The molecule has 1 aliphatic rings. The summed E-state index contributed by atoms with van der Waals surface area (Å²) in [5.74, 6) is 0.419. The number of rotatable bonds is 7. The molecule has 0 spiro atoms. The number of nitrogens with zero attached hydrogens (tertiary/aromatic N) is 1. The molecule has 140 valence electrons. The summed E-state index contributed by atoms with van der Waals surface area (Å²) in [7, 11) is -3.62. The van der Waals surface area contributed by atoms with Crippen molar-refractivity contribution >= 4 is 10.0 Å². The molecular weight excluding hydrogens is 348 g/mol.